The Morgan fingerprint density at radius 1 is 1.29 bits per heavy atom. The van der Waals surface area contributed by atoms with Gasteiger partial charge in [-0.05, 0) is 11.4 Å². The molecule has 0 radical (unpaired) electrons. The predicted molar refractivity (Wildman–Crippen MR) is 92.9 cm³/mol. The summed E-state index contributed by atoms with van der Waals surface area (Å²) >= 11 is 1.65. The summed E-state index contributed by atoms with van der Waals surface area (Å²) in [5.41, 5.74) is 2.75. The Kier molecular flexibility index (Phi) is 3.97. The normalized spacial score (nSPS) is 11.2. The Bertz CT molecular complexity index is 943. The van der Waals surface area contributed by atoms with Gasteiger partial charge < -0.3 is 10.4 Å². The molecular weight excluding hydrogens is 324 g/mol. The second-order valence-corrected chi connectivity index (χ2v) is 6.19. The minimum Gasteiger partial charge on any atom is -0.394 e. The summed E-state index contributed by atoms with van der Waals surface area (Å²) in [6.07, 6.45) is 7.19. The van der Waals surface area contributed by atoms with Crippen LogP contribution in [0, 0.1) is 0 Å². The predicted octanol–water partition coefficient (Wildman–Crippen LogP) is 2.26. The highest BCUT2D eigenvalue weighted by atomic mass is 32.1. The van der Waals surface area contributed by atoms with Crippen LogP contribution >= 0.6 is 11.3 Å². The van der Waals surface area contributed by atoms with Gasteiger partial charge in [-0.1, -0.05) is 6.07 Å². The summed E-state index contributed by atoms with van der Waals surface area (Å²) in [6, 6.07) is 6.05. The molecule has 0 aliphatic rings. The Morgan fingerprint density at radius 3 is 3.08 bits per heavy atom. The molecule has 0 amide bonds. The van der Waals surface area contributed by atoms with E-state index in [-0.39, 0.29) is 6.61 Å². The van der Waals surface area contributed by atoms with Crippen LogP contribution in [-0.2, 0) is 13.1 Å². The maximum Gasteiger partial charge on any atom is 0.155 e. The van der Waals surface area contributed by atoms with Gasteiger partial charge in [-0.2, -0.15) is 5.10 Å². The molecule has 4 rings (SSSR count). The van der Waals surface area contributed by atoms with E-state index in [2.05, 4.69) is 20.4 Å². The highest BCUT2D eigenvalue weighted by molar-refractivity contribution is 7.13. The van der Waals surface area contributed by atoms with Gasteiger partial charge in [-0.3, -0.25) is 9.38 Å². The molecule has 0 bridgehead atoms. The second kappa shape index (κ2) is 6.42. The molecule has 4 aromatic rings. The lowest BCUT2D eigenvalue weighted by atomic mass is 10.3. The number of hydrogen-bond acceptors (Lipinski definition) is 6. The number of fused-ring (bicyclic) bond motifs is 1. The van der Waals surface area contributed by atoms with Gasteiger partial charge in [-0.15, -0.1) is 11.3 Å². The number of rotatable bonds is 6. The van der Waals surface area contributed by atoms with Crippen molar-refractivity contribution in [1.82, 2.24) is 24.1 Å². The van der Waals surface area contributed by atoms with Crippen molar-refractivity contribution in [2.45, 2.75) is 13.1 Å². The second-order valence-electron chi connectivity index (χ2n) is 5.25. The maximum atomic E-state index is 9.27. The van der Waals surface area contributed by atoms with Gasteiger partial charge in [0.1, 0.15) is 11.5 Å². The fourth-order valence-electron chi connectivity index (χ4n) is 2.58. The van der Waals surface area contributed by atoms with Gasteiger partial charge >= 0.3 is 0 Å². The molecule has 8 heteroatoms. The third-order valence-corrected chi connectivity index (χ3v) is 4.60. The minimum atomic E-state index is 0.0432. The Balaban J connectivity index is 1.59. The van der Waals surface area contributed by atoms with E-state index in [0.29, 0.717) is 13.1 Å². The monoisotopic (exact) mass is 340 g/mol. The lowest BCUT2D eigenvalue weighted by molar-refractivity contribution is 0.270. The van der Waals surface area contributed by atoms with E-state index in [4.69, 9.17) is 0 Å². The number of anilines is 1. The maximum absolute atomic E-state index is 9.27. The van der Waals surface area contributed by atoms with Crippen LogP contribution in [-0.4, -0.2) is 35.9 Å². The molecule has 0 unspecified atom stereocenters. The van der Waals surface area contributed by atoms with Gasteiger partial charge in [0.25, 0.3) is 0 Å². The molecule has 0 atom stereocenters. The van der Waals surface area contributed by atoms with Crippen molar-refractivity contribution in [1.29, 1.82) is 0 Å². The molecule has 0 saturated heterocycles. The van der Waals surface area contributed by atoms with Crippen LogP contribution < -0.4 is 5.32 Å². The molecular formula is C16H16N6OS. The number of thiophene rings is 1. The summed E-state index contributed by atoms with van der Waals surface area (Å²) in [5.74, 6) is 0.872. The Morgan fingerprint density at radius 2 is 2.25 bits per heavy atom. The van der Waals surface area contributed by atoms with E-state index < -0.39 is 0 Å². The number of nitrogens with zero attached hydrogens (tertiary/aromatic N) is 5. The van der Waals surface area contributed by atoms with Gasteiger partial charge in [0.15, 0.2) is 5.65 Å². The zero-order valence-corrected chi connectivity index (χ0v) is 13.6. The quantitative estimate of drug-likeness (QED) is 0.563. The van der Waals surface area contributed by atoms with E-state index in [1.807, 2.05) is 40.4 Å². The number of aliphatic hydroxyl groups excluding tert-OH is 1. The molecule has 24 heavy (non-hydrogen) atoms. The minimum absolute atomic E-state index is 0.0432. The Hall–Kier alpha value is -2.71. The zero-order chi connectivity index (χ0) is 16.4. The summed E-state index contributed by atoms with van der Waals surface area (Å²) in [7, 11) is 0. The van der Waals surface area contributed by atoms with Crippen molar-refractivity contribution in [3.05, 3.63) is 54.1 Å². The molecule has 0 aromatic carbocycles. The fourth-order valence-corrected chi connectivity index (χ4v) is 3.26. The molecule has 7 nitrogen and oxygen atoms in total. The molecule has 0 fully saturated rings. The first kappa shape index (κ1) is 14.9. The van der Waals surface area contributed by atoms with Crippen molar-refractivity contribution in [2.75, 3.05) is 11.9 Å². The fraction of sp³-hybridized carbons (Fsp3) is 0.188. The van der Waals surface area contributed by atoms with Crippen LogP contribution in [0.4, 0.5) is 5.82 Å². The van der Waals surface area contributed by atoms with Crippen LogP contribution in [0.5, 0.6) is 0 Å². The molecule has 122 valence electrons. The van der Waals surface area contributed by atoms with E-state index >= 15 is 0 Å². The summed E-state index contributed by atoms with van der Waals surface area (Å²) in [6.45, 7) is 1.10. The molecule has 0 spiro atoms. The van der Waals surface area contributed by atoms with Crippen molar-refractivity contribution < 1.29 is 5.11 Å². The molecule has 0 aliphatic carbocycles. The number of imidazole rings is 1. The lowest BCUT2D eigenvalue weighted by Crippen LogP contribution is -2.11. The molecule has 2 N–H and O–H groups in total. The van der Waals surface area contributed by atoms with Crippen molar-refractivity contribution in [3.63, 3.8) is 0 Å². The van der Waals surface area contributed by atoms with Crippen LogP contribution in [0.25, 0.3) is 16.2 Å². The van der Waals surface area contributed by atoms with Crippen LogP contribution in [0.1, 0.15) is 5.69 Å². The SMILES string of the molecule is OCCn1nc(-c2cccs2)cc1NCc1cnc2cnccn12. The standard InChI is InChI=1S/C16H16N6OS/c23-6-5-22-15(8-13(20-22)14-2-1-7-24-14)18-9-12-10-19-16-11-17-3-4-21(12)16/h1-4,7-8,10-11,18,23H,5-6,9H2. The smallest absolute Gasteiger partial charge is 0.155 e. The van der Waals surface area contributed by atoms with E-state index in [0.717, 1.165) is 27.7 Å². The zero-order valence-electron chi connectivity index (χ0n) is 12.8. The van der Waals surface area contributed by atoms with Crippen molar-refractivity contribution >= 4 is 22.8 Å². The first-order chi connectivity index (χ1) is 11.8. The average Bonchev–Trinajstić information content (AvgIpc) is 3.33. The average molecular weight is 340 g/mol. The highest BCUT2D eigenvalue weighted by Crippen LogP contribution is 2.26. The number of aromatic nitrogens is 5. The van der Waals surface area contributed by atoms with Gasteiger partial charge in [-0.25, -0.2) is 9.67 Å². The van der Waals surface area contributed by atoms with Crippen LogP contribution in [0.15, 0.2) is 48.4 Å². The molecule has 0 aliphatic heterocycles. The molecule has 4 aromatic heterocycles. The number of aliphatic hydroxyl groups is 1. The molecule has 0 saturated carbocycles. The lowest BCUT2D eigenvalue weighted by Gasteiger charge is -2.08. The highest BCUT2D eigenvalue weighted by Gasteiger charge is 2.11. The summed E-state index contributed by atoms with van der Waals surface area (Å²) in [5, 5.41) is 19.3. The van der Waals surface area contributed by atoms with E-state index in [1.54, 1.807) is 28.4 Å². The number of nitrogens with one attached hydrogen (secondary N) is 1. The van der Waals surface area contributed by atoms with Gasteiger partial charge in [0, 0.05) is 18.5 Å². The van der Waals surface area contributed by atoms with E-state index in [1.165, 1.54) is 0 Å². The third-order valence-electron chi connectivity index (χ3n) is 3.71. The van der Waals surface area contributed by atoms with Crippen molar-refractivity contribution in [3.8, 4) is 10.6 Å². The summed E-state index contributed by atoms with van der Waals surface area (Å²) < 4.78 is 3.78. The number of hydrogen-bond donors (Lipinski definition) is 2. The third kappa shape index (κ3) is 2.77. The van der Waals surface area contributed by atoms with E-state index in [9.17, 15) is 5.11 Å². The summed E-state index contributed by atoms with van der Waals surface area (Å²) in [4.78, 5) is 9.51. The first-order valence-electron chi connectivity index (χ1n) is 7.57. The van der Waals surface area contributed by atoms with Crippen LogP contribution in [0.2, 0.25) is 0 Å². The topological polar surface area (TPSA) is 80.3 Å². The van der Waals surface area contributed by atoms with Gasteiger partial charge in [0.2, 0.25) is 0 Å². The Labute approximate surface area is 142 Å². The first-order valence-corrected chi connectivity index (χ1v) is 8.45. The molecule has 4 heterocycles. The largest absolute Gasteiger partial charge is 0.394 e. The van der Waals surface area contributed by atoms with Crippen molar-refractivity contribution in [2.24, 2.45) is 0 Å². The van der Waals surface area contributed by atoms with Crippen LogP contribution in [0.3, 0.4) is 0 Å². The van der Waals surface area contributed by atoms with Gasteiger partial charge in [0.05, 0.1) is 42.7 Å².